The van der Waals surface area contributed by atoms with Crippen LogP contribution in [0.5, 0.6) is 0 Å². The number of aliphatic hydroxyl groups excluding tert-OH is 1. The van der Waals surface area contributed by atoms with Gasteiger partial charge < -0.3 is 5.11 Å². The fourth-order valence-electron chi connectivity index (χ4n) is 1.47. The van der Waals surface area contributed by atoms with Crippen LogP contribution < -0.4 is 0 Å². The van der Waals surface area contributed by atoms with E-state index >= 15 is 0 Å². The van der Waals surface area contributed by atoms with Crippen molar-refractivity contribution in [2.24, 2.45) is 0 Å². The number of hydrogen-bond donors (Lipinski definition) is 2. The van der Waals surface area contributed by atoms with Crippen molar-refractivity contribution in [3.8, 4) is 0 Å². The van der Waals surface area contributed by atoms with E-state index < -0.39 is 18.4 Å². The highest BCUT2D eigenvalue weighted by Gasteiger charge is 2.31. The molecular formula is C11H11F2N3O. The van der Waals surface area contributed by atoms with Crippen LogP contribution in [0, 0.1) is 0 Å². The van der Waals surface area contributed by atoms with Gasteiger partial charge in [0.05, 0.1) is 11.9 Å². The van der Waals surface area contributed by atoms with E-state index in [2.05, 4.69) is 15.2 Å². The highest BCUT2D eigenvalue weighted by molar-refractivity contribution is 5.14. The van der Waals surface area contributed by atoms with Gasteiger partial charge in [0.2, 0.25) is 0 Å². The number of halogens is 2. The Balaban J connectivity index is 2.12. The van der Waals surface area contributed by atoms with Gasteiger partial charge in [0.25, 0.3) is 0 Å². The van der Waals surface area contributed by atoms with Gasteiger partial charge in [-0.05, 0) is 12.1 Å². The van der Waals surface area contributed by atoms with Gasteiger partial charge in [-0.2, -0.15) is 5.10 Å². The van der Waals surface area contributed by atoms with Gasteiger partial charge in [-0.25, -0.2) is 8.78 Å². The summed E-state index contributed by atoms with van der Waals surface area (Å²) < 4.78 is 27.5. The molecule has 0 spiro atoms. The average molecular weight is 239 g/mol. The molecule has 0 aliphatic heterocycles. The minimum absolute atomic E-state index is 0.00569. The van der Waals surface area contributed by atoms with Gasteiger partial charge in [-0.1, -0.05) is 6.07 Å². The number of aliphatic hydroxyl groups is 1. The summed E-state index contributed by atoms with van der Waals surface area (Å²) >= 11 is 0. The van der Waals surface area contributed by atoms with Gasteiger partial charge in [-0.15, -0.1) is 0 Å². The van der Waals surface area contributed by atoms with Crippen molar-refractivity contribution in [3.05, 3.63) is 48.0 Å². The lowest BCUT2D eigenvalue weighted by Gasteiger charge is -2.18. The summed E-state index contributed by atoms with van der Waals surface area (Å²) in [5.74, 6) is 0. The second-order valence-electron chi connectivity index (χ2n) is 3.58. The fourth-order valence-corrected chi connectivity index (χ4v) is 1.47. The molecule has 0 saturated heterocycles. The van der Waals surface area contributed by atoms with E-state index in [9.17, 15) is 13.9 Å². The molecule has 2 N–H and O–H groups in total. The van der Waals surface area contributed by atoms with Crippen LogP contribution in [0.15, 0.2) is 36.8 Å². The van der Waals surface area contributed by atoms with Crippen LogP contribution in [-0.4, -0.2) is 26.4 Å². The third kappa shape index (κ3) is 2.47. The lowest BCUT2D eigenvalue weighted by Crippen LogP contribution is -2.21. The van der Waals surface area contributed by atoms with Crippen LogP contribution in [0.25, 0.3) is 0 Å². The summed E-state index contributed by atoms with van der Waals surface area (Å²) in [5.41, 5.74) is 0.113. The summed E-state index contributed by atoms with van der Waals surface area (Å²) in [6.45, 7) is 0. The maximum absolute atomic E-state index is 13.8. The molecule has 2 heterocycles. The minimum Gasteiger partial charge on any atom is -0.386 e. The van der Waals surface area contributed by atoms with Crippen LogP contribution in [0.4, 0.5) is 8.78 Å². The molecule has 0 saturated carbocycles. The number of H-pyrrole nitrogens is 1. The number of pyridine rings is 1. The van der Waals surface area contributed by atoms with Gasteiger partial charge >= 0.3 is 0 Å². The molecule has 6 heteroatoms. The largest absolute Gasteiger partial charge is 0.386 e. The van der Waals surface area contributed by atoms with Crippen molar-refractivity contribution in [1.29, 1.82) is 0 Å². The van der Waals surface area contributed by atoms with Crippen molar-refractivity contribution in [1.82, 2.24) is 15.2 Å². The Labute approximate surface area is 96.3 Å². The molecule has 2 aromatic heterocycles. The Morgan fingerprint density at radius 1 is 1.24 bits per heavy atom. The first-order valence-electron chi connectivity index (χ1n) is 5.06. The van der Waals surface area contributed by atoms with Gasteiger partial charge in [0.15, 0.2) is 12.3 Å². The number of nitrogens with one attached hydrogen (secondary N) is 1. The molecule has 0 radical (unpaired) electrons. The summed E-state index contributed by atoms with van der Waals surface area (Å²) in [4.78, 5) is 3.74. The quantitative estimate of drug-likeness (QED) is 0.856. The van der Waals surface area contributed by atoms with Crippen molar-refractivity contribution in [2.75, 3.05) is 0 Å². The third-order valence-corrected chi connectivity index (χ3v) is 2.41. The standard InChI is InChI=1S/C11H11F2N3O/c12-9(7-5-15-16-6-7)11(17)10(13)8-3-1-2-4-14-8/h1-6,9-11,17H,(H,15,16). The highest BCUT2D eigenvalue weighted by atomic mass is 19.1. The van der Waals surface area contributed by atoms with E-state index in [0.717, 1.165) is 0 Å². The zero-order valence-corrected chi connectivity index (χ0v) is 8.79. The van der Waals surface area contributed by atoms with E-state index in [-0.39, 0.29) is 11.3 Å². The van der Waals surface area contributed by atoms with Crippen LogP contribution in [0.3, 0.4) is 0 Å². The Kier molecular flexibility index (Phi) is 3.43. The number of rotatable bonds is 4. The number of nitrogens with zero attached hydrogens (tertiary/aromatic N) is 2. The summed E-state index contributed by atoms with van der Waals surface area (Å²) in [5, 5.41) is 15.5. The number of alkyl halides is 2. The maximum atomic E-state index is 13.8. The predicted octanol–water partition coefficient (Wildman–Crippen LogP) is 1.89. The Bertz CT molecular complexity index is 449. The lowest BCUT2D eigenvalue weighted by atomic mass is 10.0. The average Bonchev–Trinajstić information content (AvgIpc) is 2.91. The first-order valence-corrected chi connectivity index (χ1v) is 5.06. The predicted molar refractivity (Wildman–Crippen MR) is 56.5 cm³/mol. The monoisotopic (exact) mass is 239 g/mol. The van der Waals surface area contributed by atoms with Crippen molar-refractivity contribution in [2.45, 2.75) is 18.4 Å². The topological polar surface area (TPSA) is 61.8 Å². The van der Waals surface area contributed by atoms with Crippen molar-refractivity contribution < 1.29 is 13.9 Å². The van der Waals surface area contributed by atoms with E-state index in [1.54, 1.807) is 12.1 Å². The van der Waals surface area contributed by atoms with E-state index in [0.29, 0.717) is 0 Å². The molecule has 2 rings (SSSR count). The van der Waals surface area contributed by atoms with Crippen molar-refractivity contribution in [3.63, 3.8) is 0 Å². The molecule has 3 unspecified atom stereocenters. The van der Waals surface area contributed by atoms with E-state index in [1.807, 2.05) is 0 Å². The Morgan fingerprint density at radius 2 is 2.06 bits per heavy atom. The smallest absolute Gasteiger partial charge is 0.171 e. The maximum Gasteiger partial charge on any atom is 0.171 e. The first-order chi connectivity index (χ1) is 8.20. The van der Waals surface area contributed by atoms with Crippen LogP contribution in [0.1, 0.15) is 23.6 Å². The van der Waals surface area contributed by atoms with Gasteiger partial charge in [0, 0.05) is 18.0 Å². The molecular weight excluding hydrogens is 228 g/mol. The molecule has 0 aliphatic rings. The van der Waals surface area contributed by atoms with Gasteiger partial charge in [-0.3, -0.25) is 10.1 Å². The van der Waals surface area contributed by atoms with Crippen LogP contribution in [0.2, 0.25) is 0 Å². The zero-order valence-electron chi connectivity index (χ0n) is 8.79. The lowest BCUT2D eigenvalue weighted by molar-refractivity contribution is 0.00803. The summed E-state index contributed by atoms with van der Waals surface area (Å²) in [6, 6.07) is 4.59. The zero-order chi connectivity index (χ0) is 12.3. The number of aromatic nitrogens is 3. The van der Waals surface area contributed by atoms with Gasteiger partial charge in [0.1, 0.15) is 6.10 Å². The number of hydrogen-bond acceptors (Lipinski definition) is 3. The molecule has 4 nitrogen and oxygen atoms in total. The Morgan fingerprint density at radius 3 is 2.65 bits per heavy atom. The molecule has 0 bridgehead atoms. The molecule has 3 atom stereocenters. The SMILES string of the molecule is OC(C(F)c1cn[nH]c1)C(F)c1ccccn1. The van der Waals surface area contributed by atoms with Crippen LogP contribution >= 0.6 is 0 Å². The Hall–Kier alpha value is -1.82. The number of aromatic amines is 1. The molecule has 17 heavy (non-hydrogen) atoms. The normalized spacial score (nSPS) is 16.4. The van der Waals surface area contributed by atoms with Crippen LogP contribution in [-0.2, 0) is 0 Å². The molecule has 0 aromatic carbocycles. The molecule has 90 valence electrons. The fraction of sp³-hybridized carbons (Fsp3) is 0.273. The minimum atomic E-state index is -1.87. The summed E-state index contributed by atoms with van der Waals surface area (Å²) in [7, 11) is 0. The third-order valence-electron chi connectivity index (χ3n) is 2.41. The molecule has 0 amide bonds. The molecule has 2 aromatic rings. The second kappa shape index (κ2) is 5.01. The van der Waals surface area contributed by atoms with E-state index in [4.69, 9.17) is 0 Å². The first kappa shape index (κ1) is 11.7. The summed E-state index contributed by atoms with van der Waals surface area (Å²) in [6.07, 6.45) is -1.65. The molecule has 0 fully saturated rings. The molecule has 0 aliphatic carbocycles. The van der Waals surface area contributed by atoms with Crippen molar-refractivity contribution >= 4 is 0 Å². The second-order valence-corrected chi connectivity index (χ2v) is 3.58. The highest BCUT2D eigenvalue weighted by Crippen LogP contribution is 2.30. The van der Waals surface area contributed by atoms with E-state index in [1.165, 1.54) is 24.7 Å².